The first kappa shape index (κ1) is 11.9. The van der Waals surface area contributed by atoms with Gasteiger partial charge in [0.1, 0.15) is 5.76 Å². The third-order valence-corrected chi connectivity index (χ3v) is 2.57. The molecular formula is C14H17NO2. The van der Waals surface area contributed by atoms with Crippen molar-refractivity contribution in [2.45, 2.75) is 26.4 Å². The number of hydrogen-bond donors (Lipinski definition) is 0. The number of hydrogen-bond acceptors (Lipinski definition) is 3. The second kappa shape index (κ2) is 6.21. The summed E-state index contributed by atoms with van der Waals surface area (Å²) in [6, 6.07) is 12.2. The highest BCUT2D eigenvalue weighted by atomic mass is 16.5. The van der Waals surface area contributed by atoms with Gasteiger partial charge in [-0.25, -0.2) is 0 Å². The minimum absolute atomic E-state index is 0.652. The van der Waals surface area contributed by atoms with E-state index in [1.54, 1.807) is 0 Å². The van der Waals surface area contributed by atoms with Gasteiger partial charge >= 0.3 is 0 Å². The molecule has 3 heteroatoms. The van der Waals surface area contributed by atoms with Crippen molar-refractivity contribution in [3.63, 3.8) is 0 Å². The van der Waals surface area contributed by atoms with Crippen LogP contribution in [0.2, 0.25) is 0 Å². The van der Waals surface area contributed by atoms with E-state index in [9.17, 15) is 0 Å². The first-order valence-corrected chi connectivity index (χ1v) is 5.94. The van der Waals surface area contributed by atoms with E-state index in [4.69, 9.17) is 9.26 Å². The van der Waals surface area contributed by atoms with Gasteiger partial charge in [-0.1, -0.05) is 42.4 Å². The van der Waals surface area contributed by atoms with Crippen LogP contribution >= 0.6 is 0 Å². The zero-order valence-corrected chi connectivity index (χ0v) is 10.1. The highest BCUT2D eigenvalue weighted by Crippen LogP contribution is 2.06. The minimum atomic E-state index is 0.652. The van der Waals surface area contributed by atoms with E-state index in [-0.39, 0.29) is 0 Å². The van der Waals surface area contributed by atoms with Gasteiger partial charge in [0.2, 0.25) is 0 Å². The molecule has 17 heavy (non-hydrogen) atoms. The van der Waals surface area contributed by atoms with Gasteiger partial charge in [0.15, 0.2) is 0 Å². The Morgan fingerprint density at radius 2 is 2.06 bits per heavy atom. The molecule has 0 atom stereocenters. The van der Waals surface area contributed by atoms with Crippen molar-refractivity contribution in [3.05, 3.63) is 53.4 Å². The average molecular weight is 231 g/mol. The predicted octanol–water partition coefficient (Wildman–Crippen LogP) is 3.00. The van der Waals surface area contributed by atoms with Crippen molar-refractivity contribution in [2.75, 3.05) is 6.61 Å². The lowest BCUT2D eigenvalue weighted by Crippen LogP contribution is -1.99. The zero-order chi connectivity index (χ0) is 11.9. The van der Waals surface area contributed by atoms with Crippen LogP contribution in [0.25, 0.3) is 0 Å². The SMILES string of the molecule is CCc1cc(CCOCc2ccccc2)no1. The Balaban J connectivity index is 1.69. The Hall–Kier alpha value is -1.61. The standard InChI is InChI=1S/C14H17NO2/c1-2-14-10-13(15-17-14)8-9-16-11-12-6-4-3-5-7-12/h3-7,10H,2,8-9,11H2,1H3. The van der Waals surface area contributed by atoms with Crippen LogP contribution in [-0.2, 0) is 24.2 Å². The summed E-state index contributed by atoms with van der Waals surface area (Å²) in [5, 5.41) is 3.98. The van der Waals surface area contributed by atoms with Crippen molar-refractivity contribution < 1.29 is 9.26 Å². The largest absolute Gasteiger partial charge is 0.376 e. The predicted molar refractivity (Wildman–Crippen MR) is 65.7 cm³/mol. The van der Waals surface area contributed by atoms with Crippen LogP contribution in [-0.4, -0.2) is 11.8 Å². The van der Waals surface area contributed by atoms with Crippen LogP contribution in [0.4, 0.5) is 0 Å². The van der Waals surface area contributed by atoms with E-state index in [1.165, 1.54) is 5.56 Å². The molecule has 0 fully saturated rings. The summed E-state index contributed by atoms with van der Waals surface area (Å²) in [5.41, 5.74) is 2.16. The maximum atomic E-state index is 5.58. The van der Waals surface area contributed by atoms with Gasteiger partial charge < -0.3 is 9.26 Å². The highest BCUT2D eigenvalue weighted by molar-refractivity contribution is 5.13. The fourth-order valence-corrected chi connectivity index (χ4v) is 1.58. The maximum absolute atomic E-state index is 5.58. The van der Waals surface area contributed by atoms with Gasteiger partial charge in [0.05, 0.1) is 18.9 Å². The Kier molecular flexibility index (Phi) is 4.33. The summed E-state index contributed by atoms with van der Waals surface area (Å²) < 4.78 is 10.7. The van der Waals surface area contributed by atoms with E-state index in [0.717, 1.165) is 24.3 Å². The summed E-state index contributed by atoms with van der Waals surface area (Å²) in [4.78, 5) is 0. The quantitative estimate of drug-likeness (QED) is 0.717. The Labute approximate surface area is 101 Å². The van der Waals surface area contributed by atoms with Crippen LogP contribution < -0.4 is 0 Å². The van der Waals surface area contributed by atoms with E-state index in [0.29, 0.717) is 13.2 Å². The van der Waals surface area contributed by atoms with E-state index in [2.05, 4.69) is 24.2 Å². The molecule has 0 saturated heterocycles. The second-order valence-electron chi connectivity index (χ2n) is 3.93. The van der Waals surface area contributed by atoms with Crippen LogP contribution in [0, 0.1) is 0 Å². The molecule has 0 radical (unpaired) electrons. The third kappa shape index (κ3) is 3.71. The minimum Gasteiger partial charge on any atom is -0.376 e. The van der Waals surface area contributed by atoms with Crippen molar-refractivity contribution in [3.8, 4) is 0 Å². The molecule has 0 N–H and O–H groups in total. The topological polar surface area (TPSA) is 35.3 Å². The van der Waals surface area contributed by atoms with Crippen LogP contribution in [0.15, 0.2) is 40.9 Å². The summed E-state index contributed by atoms with van der Waals surface area (Å²) in [7, 11) is 0. The normalized spacial score (nSPS) is 10.6. The van der Waals surface area contributed by atoms with Crippen LogP contribution in [0.3, 0.4) is 0 Å². The summed E-state index contributed by atoms with van der Waals surface area (Å²) in [6.45, 7) is 3.38. The molecule has 2 aromatic rings. The fraction of sp³-hybridized carbons (Fsp3) is 0.357. The van der Waals surface area contributed by atoms with Gasteiger partial charge in [-0.05, 0) is 5.56 Å². The third-order valence-electron chi connectivity index (χ3n) is 2.57. The van der Waals surface area contributed by atoms with Gasteiger partial charge in [0.25, 0.3) is 0 Å². The van der Waals surface area contributed by atoms with Crippen molar-refractivity contribution in [1.29, 1.82) is 0 Å². The number of aryl methyl sites for hydroxylation is 1. The maximum Gasteiger partial charge on any atom is 0.136 e. The number of aromatic nitrogens is 1. The number of benzene rings is 1. The molecule has 0 aliphatic heterocycles. The average Bonchev–Trinajstić information content (AvgIpc) is 2.84. The molecule has 1 aromatic carbocycles. The Morgan fingerprint density at radius 3 is 2.76 bits per heavy atom. The smallest absolute Gasteiger partial charge is 0.136 e. The van der Waals surface area contributed by atoms with Gasteiger partial charge in [-0.3, -0.25) is 0 Å². The highest BCUT2D eigenvalue weighted by Gasteiger charge is 2.01. The molecule has 3 nitrogen and oxygen atoms in total. The number of nitrogens with zero attached hydrogens (tertiary/aromatic N) is 1. The van der Waals surface area contributed by atoms with Gasteiger partial charge in [0, 0.05) is 18.9 Å². The molecule has 0 saturated carbocycles. The molecule has 0 bridgehead atoms. The summed E-state index contributed by atoms with van der Waals surface area (Å²) >= 11 is 0. The summed E-state index contributed by atoms with van der Waals surface area (Å²) in [6.07, 6.45) is 1.69. The molecule has 1 aromatic heterocycles. The number of ether oxygens (including phenoxy) is 1. The van der Waals surface area contributed by atoms with Crippen molar-refractivity contribution in [1.82, 2.24) is 5.16 Å². The molecule has 2 rings (SSSR count). The molecular weight excluding hydrogens is 214 g/mol. The molecule has 1 heterocycles. The van der Waals surface area contributed by atoms with E-state index in [1.807, 2.05) is 24.3 Å². The van der Waals surface area contributed by atoms with Crippen LogP contribution in [0.5, 0.6) is 0 Å². The lowest BCUT2D eigenvalue weighted by atomic mass is 10.2. The molecule has 0 spiro atoms. The monoisotopic (exact) mass is 231 g/mol. The number of rotatable bonds is 6. The molecule has 0 aliphatic carbocycles. The lowest BCUT2D eigenvalue weighted by Gasteiger charge is -2.02. The van der Waals surface area contributed by atoms with E-state index >= 15 is 0 Å². The zero-order valence-electron chi connectivity index (χ0n) is 10.1. The van der Waals surface area contributed by atoms with E-state index < -0.39 is 0 Å². The molecule has 90 valence electrons. The molecule has 0 unspecified atom stereocenters. The molecule has 0 amide bonds. The molecule has 0 aliphatic rings. The fourth-order valence-electron chi connectivity index (χ4n) is 1.58. The second-order valence-corrected chi connectivity index (χ2v) is 3.93. The van der Waals surface area contributed by atoms with Crippen molar-refractivity contribution in [2.24, 2.45) is 0 Å². The Bertz CT molecular complexity index is 436. The van der Waals surface area contributed by atoms with Crippen molar-refractivity contribution >= 4 is 0 Å². The Morgan fingerprint density at radius 1 is 1.24 bits per heavy atom. The van der Waals surface area contributed by atoms with Gasteiger partial charge in [-0.15, -0.1) is 0 Å². The van der Waals surface area contributed by atoms with Gasteiger partial charge in [-0.2, -0.15) is 0 Å². The first-order valence-electron chi connectivity index (χ1n) is 5.94. The lowest BCUT2D eigenvalue weighted by molar-refractivity contribution is 0.122. The van der Waals surface area contributed by atoms with Crippen LogP contribution in [0.1, 0.15) is 23.9 Å². The first-order chi connectivity index (χ1) is 8.38. The summed E-state index contributed by atoms with van der Waals surface area (Å²) in [5.74, 6) is 0.933.